The van der Waals surface area contributed by atoms with Gasteiger partial charge in [0.15, 0.2) is 0 Å². The van der Waals surface area contributed by atoms with Crippen molar-refractivity contribution in [3.8, 4) is 23.1 Å². The molecular weight excluding hydrogens is 490 g/mol. The maximum atomic E-state index is 13.6. The van der Waals surface area contributed by atoms with Crippen molar-refractivity contribution in [2.75, 3.05) is 0 Å². The Kier molecular flexibility index (Phi) is 7.29. The van der Waals surface area contributed by atoms with Crippen molar-refractivity contribution in [3.63, 3.8) is 0 Å². The molecule has 0 N–H and O–H groups in total. The van der Waals surface area contributed by atoms with Crippen molar-refractivity contribution in [3.05, 3.63) is 104 Å². The van der Waals surface area contributed by atoms with Crippen molar-refractivity contribution >= 4 is 15.9 Å². The molecule has 0 aliphatic carbocycles. The summed E-state index contributed by atoms with van der Waals surface area (Å²) in [6, 6.07) is 17.8. The molecule has 4 rings (SSSR count). The second-order valence-corrected chi connectivity index (χ2v) is 8.98. The average molecular weight is 514 g/mol. The van der Waals surface area contributed by atoms with Crippen molar-refractivity contribution < 1.29 is 0 Å². The maximum absolute atomic E-state index is 13.6. The minimum absolute atomic E-state index is 0.139. The van der Waals surface area contributed by atoms with Gasteiger partial charge in [-0.25, -0.2) is 19.5 Å². The molecular formula is C27H24BrN5O. The third-order valence-corrected chi connectivity index (χ3v) is 6.11. The van der Waals surface area contributed by atoms with Crippen molar-refractivity contribution in [2.24, 2.45) is 0 Å². The van der Waals surface area contributed by atoms with Crippen LogP contribution in [0.5, 0.6) is 0 Å². The summed E-state index contributed by atoms with van der Waals surface area (Å²) in [5, 5.41) is 9.41. The first-order valence-electron chi connectivity index (χ1n) is 11.2. The van der Waals surface area contributed by atoms with Crippen molar-refractivity contribution in [1.82, 2.24) is 19.5 Å². The smallest absolute Gasteiger partial charge is 0.264 e. The Morgan fingerprint density at radius 3 is 2.44 bits per heavy atom. The van der Waals surface area contributed by atoms with Gasteiger partial charge < -0.3 is 0 Å². The Morgan fingerprint density at radius 2 is 1.76 bits per heavy atom. The monoisotopic (exact) mass is 513 g/mol. The van der Waals surface area contributed by atoms with Crippen molar-refractivity contribution in [1.29, 1.82) is 5.26 Å². The molecule has 0 aliphatic heterocycles. The summed E-state index contributed by atoms with van der Waals surface area (Å²) in [6.07, 6.45) is 6.43. The van der Waals surface area contributed by atoms with Gasteiger partial charge in [0.1, 0.15) is 5.82 Å². The molecule has 0 spiro atoms. The molecule has 0 saturated heterocycles. The fraction of sp³-hybridized carbons (Fsp3) is 0.222. The van der Waals surface area contributed by atoms with E-state index in [-0.39, 0.29) is 5.56 Å². The largest absolute Gasteiger partial charge is 0.268 e. The van der Waals surface area contributed by atoms with Crippen LogP contribution < -0.4 is 5.56 Å². The van der Waals surface area contributed by atoms with Gasteiger partial charge in [0.2, 0.25) is 5.95 Å². The van der Waals surface area contributed by atoms with Crippen LogP contribution in [0.4, 0.5) is 0 Å². The zero-order chi connectivity index (χ0) is 24.1. The van der Waals surface area contributed by atoms with Crippen LogP contribution in [0.15, 0.2) is 70.2 Å². The highest BCUT2D eigenvalue weighted by Gasteiger charge is 2.18. The number of nitrogens with zero attached hydrogens (tertiary/aromatic N) is 5. The van der Waals surface area contributed by atoms with E-state index in [9.17, 15) is 10.1 Å². The van der Waals surface area contributed by atoms with Crippen LogP contribution in [0.2, 0.25) is 0 Å². The number of hydrogen-bond acceptors (Lipinski definition) is 5. The lowest BCUT2D eigenvalue weighted by Gasteiger charge is -2.14. The molecule has 2 aromatic carbocycles. The maximum Gasteiger partial charge on any atom is 0.264 e. The van der Waals surface area contributed by atoms with Crippen LogP contribution in [0.3, 0.4) is 0 Å². The quantitative estimate of drug-likeness (QED) is 0.322. The SMILES string of the molecule is CCCCc1nc(C)n(-c2ncc(Br)cn2)c(=O)c1Cc1ccc(-c2ccccc2C#N)cc1. The van der Waals surface area contributed by atoms with E-state index >= 15 is 0 Å². The van der Waals surface area contributed by atoms with E-state index in [1.54, 1.807) is 12.4 Å². The molecule has 0 amide bonds. The topological polar surface area (TPSA) is 84.5 Å². The fourth-order valence-corrected chi connectivity index (χ4v) is 4.15. The number of benzene rings is 2. The van der Waals surface area contributed by atoms with E-state index in [1.165, 1.54) is 4.57 Å². The molecule has 0 atom stereocenters. The van der Waals surface area contributed by atoms with Crippen LogP contribution >= 0.6 is 15.9 Å². The molecule has 2 aromatic heterocycles. The van der Waals surface area contributed by atoms with Crippen LogP contribution in [-0.4, -0.2) is 19.5 Å². The highest BCUT2D eigenvalue weighted by Crippen LogP contribution is 2.24. The molecule has 0 radical (unpaired) electrons. The zero-order valence-electron chi connectivity index (χ0n) is 19.1. The first-order valence-corrected chi connectivity index (χ1v) is 12.0. The van der Waals surface area contributed by atoms with E-state index in [2.05, 4.69) is 38.9 Å². The fourth-order valence-electron chi connectivity index (χ4n) is 3.94. The highest BCUT2D eigenvalue weighted by molar-refractivity contribution is 9.10. The summed E-state index contributed by atoms with van der Waals surface area (Å²) >= 11 is 3.34. The van der Waals surface area contributed by atoms with Gasteiger partial charge in [-0.05, 0) is 58.5 Å². The van der Waals surface area contributed by atoms with Gasteiger partial charge in [-0.3, -0.25) is 4.79 Å². The van der Waals surface area contributed by atoms with Gasteiger partial charge in [0.25, 0.3) is 5.56 Å². The molecule has 0 aliphatic rings. The Morgan fingerprint density at radius 1 is 1.06 bits per heavy atom. The van der Waals surface area contributed by atoms with E-state index in [0.717, 1.165) is 46.1 Å². The van der Waals surface area contributed by atoms with Gasteiger partial charge in [0, 0.05) is 24.4 Å². The molecule has 0 fully saturated rings. The second-order valence-electron chi connectivity index (χ2n) is 8.06. The predicted molar refractivity (Wildman–Crippen MR) is 136 cm³/mol. The molecule has 0 bridgehead atoms. The van der Waals surface area contributed by atoms with Crippen LogP contribution in [0, 0.1) is 18.3 Å². The number of rotatable bonds is 7. The molecule has 4 aromatic rings. The molecule has 34 heavy (non-hydrogen) atoms. The number of unbranched alkanes of at least 4 members (excludes halogenated alkanes) is 1. The van der Waals surface area contributed by atoms with Gasteiger partial charge in [0.05, 0.1) is 21.8 Å². The van der Waals surface area contributed by atoms with Crippen LogP contribution in [-0.2, 0) is 12.8 Å². The summed E-state index contributed by atoms with van der Waals surface area (Å²) in [5.74, 6) is 0.885. The standard InChI is InChI=1S/C27H24BrN5O/c1-3-4-9-25-24(26(34)33(18(2)32-25)27-30-16-22(28)17-31-27)14-19-10-12-20(13-11-19)23-8-6-5-7-21(23)15-29/h5-8,10-13,16-17H,3-4,9,14H2,1-2H3. The molecule has 170 valence electrons. The van der Waals surface area contributed by atoms with E-state index in [4.69, 9.17) is 4.98 Å². The number of aryl methyl sites for hydroxylation is 2. The second kappa shape index (κ2) is 10.5. The summed E-state index contributed by atoms with van der Waals surface area (Å²) in [4.78, 5) is 27.0. The van der Waals surface area contributed by atoms with Crippen LogP contribution in [0.25, 0.3) is 17.1 Å². The minimum atomic E-state index is -0.139. The molecule has 0 unspecified atom stereocenters. The number of nitriles is 1. The molecule has 2 heterocycles. The lowest BCUT2D eigenvalue weighted by atomic mass is 9.97. The van der Waals surface area contributed by atoms with E-state index in [0.29, 0.717) is 29.3 Å². The normalized spacial score (nSPS) is 10.8. The first kappa shape index (κ1) is 23.5. The summed E-state index contributed by atoms with van der Waals surface area (Å²) in [5.41, 5.74) is 4.85. The molecule has 6 nitrogen and oxygen atoms in total. The highest BCUT2D eigenvalue weighted by atomic mass is 79.9. The lowest BCUT2D eigenvalue weighted by molar-refractivity contribution is 0.721. The predicted octanol–water partition coefficient (Wildman–Crippen LogP) is 5.57. The van der Waals surface area contributed by atoms with E-state index in [1.807, 2.05) is 55.5 Å². The average Bonchev–Trinajstić information content (AvgIpc) is 2.86. The van der Waals surface area contributed by atoms with Gasteiger partial charge in [-0.15, -0.1) is 0 Å². The molecule has 0 saturated carbocycles. The van der Waals surface area contributed by atoms with E-state index < -0.39 is 0 Å². The summed E-state index contributed by atoms with van der Waals surface area (Å²) in [7, 11) is 0. The van der Waals surface area contributed by atoms with Gasteiger partial charge in [-0.2, -0.15) is 5.26 Å². The summed E-state index contributed by atoms with van der Waals surface area (Å²) < 4.78 is 2.22. The zero-order valence-corrected chi connectivity index (χ0v) is 20.7. The number of halogens is 1. The number of hydrogen-bond donors (Lipinski definition) is 0. The van der Waals surface area contributed by atoms with Gasteiger partial charge in [-0.1, -0.05) is 55.8 Å². The Labute approximate surface area is 207 Å². The third-order valence-electron chi connectivity index (χ3n) is 5.70. The Balaban J connectivity index is 1.74. The third kappa shape index (κ3) is 4.97. The first-order chi connectivity index (χ1) is 16.5. The Bertz CT molecular complexity index is 1400. The minimum Gasteiger partial charge on any atom is -0.268 e. The van der Waals surface area contributed by atoms with Crippen molar-refractivity contribution in [2.45, 2.75) is 39.5 Å². The molecule has 7 heteroatoms. The van der Waals surface area contributed by atoms with Gasteiger partial charge >= 0.3 is 0 Å². The Hall–Kier alpha value is -3.63. The number of aromatic nitrogens is 4. The van der Waals surface area contributed by atoms with Crippen LogP contribution in [0.1, 0.15) is 48.0 Å². The summed E-state index contributed by atoms with van der Waals surface area (Å²) in [6.45, 7) is 3.94. The lowest BCUT2D eigenvalue weighted by Crippen LogP contribution is -2.29.